The fourth-order valence-electron chi connectivity index (χ4n) is 3.15. The Bertz CT molecular complexity index is 1090. The van der Waals surface area contributed by atoms with Gasteiger partial charge in [-0.15, -0.1) is 0 Å². The van der Waals surface area contributed by atoms with Gasteiger partial charge in [0.2, 0.25) is 5.91 Å². The molecule has 0 saturated heterocycles. The van der Waals surface area contributed by atoms with Crippen LogP contribution in [0.15, 0.2) is 89.8 Å². The third-order valence-electron chi connectivity index (χ3n) is 4.73. The highest BCUT2D eigenvalue weighted by atomic mass is 32.2. The Balaban J connectivity index is 1.85. The van der Waals surface area contributed by atoms with Gasteiger partial charge in [-0.2, -0.15) is 0 Å². The monoisotopic (exact) mass is 438 g/mol. The Morgan fingerprint density at radius 2 is 1.52 bits per heavy atom. The number of anilines is 1. The van der Waals surface area contributed by atoms with Crippen LogP contribution in [0.25, 0.3) is 0 Å². The summed E-state index contributed by atoms with van der Waals surface area (Å²) in [6.45, 7) is 3.87. The van der Waals surface area contributed by atoms with Crippen LogP contribution < -0.4 is 14.4 Å². The lowest BCUT2D eigenvalue weighted by Gasteiger charge is -2.25. The molecule has 0 fully saturated rings. The van der Waals surface area contributed by atoms with Crippen LogP contribution in [0.1, 0.15) is 25.5 Å². The van der Waals surface area contributed by atoms with Crippen LogP contribution in [0.3, 0.4) is 0 Å². The molecule has 3 rings (SSSR count). The molecule has 0 unspecified atom stereocenters. The second-order valence-corrected chi connectivity index (χ2v) is 8.81. The molecule has 0 aliphatic rings. The highest BCUT2D eigenvalue weighted by Crippen LogP contribution is 2.25. The van der Waals surface area contributed by atoms with Crippen molar-refractivity contribution in [2.24, 2.45) is 0 Å². The molecule has 3 aromatic carbocycles. The summed E-state index contributed by atoms with van der Waals surface area (Å²) >= 11 is 0. The number of carbonyl (C=O) groups excluding carboxylic acids is 1. The van der Waals surface area contributed by atoms with Crippen LogP contribution in [0.2, 0.25) is 0 Å². The molecule has 162 valence electrons. The molecule has 1 amide bonds. The summed E-state index contributed by atoms with van der Waals surface area (Å²) in [5.74, 6) is 0.192. The number of rotatable bonds is 9. The van der Waals surface area contributed by atoms with Crippen molar-refractivity contribution < 1.29 is 17.9 Å². The Labute approximate surface area is 183 Å². The van der Waals surface area contributed by atoms with Gasteiger partial charge in [-0.05, 0) is 55.8 Å². The first-order valence-electron chi connectivity index (χ1n) is 10.1. The number of ether oxygens (including phenoxy) is 1. The molecule has 0 aliphatic carbocycles. The SMILES string of the molecule is CCOc1ccc(S(=O)(=O)N(CC(=O)N[C@@H](C)c2ccccc2)c2ccccc2)cc1. The van der Waals surface area contributed by atoms with Gasteiger partial charge in [-0.25, -0.2) is 8.42 Å². The van der Waals surface area contributed by atoms with Crippen molar-refractivity contribution in [2.45, 2.75) is 24.8 Å². The molecule has 7 heteroatoms. The van der Waals surface area contributed by atoms with Crippen LogP contribution in [0, 0.1) is 0 Å². The van der Waals surface area contributed by atoms with Crippen molar-refractivity contribution in [3.63, 3.8) is 0 Å². The molecule has 0 aliphatic heterocycles. The molecule has 0 saturated carbocycles. The van der Waals surface area contributed by atoms with Crippen LogP contribution in [-0.2, 0) is 14.8 Å². The first-order chi connectivity index (χ1) is 14.9. The van der Waals surface area contributed by atoms with Crippen molar-refractivity contribution in [2.75, 3.05) is 17.5 Å². The minimum absolute atomic E-state index is 0.0868. The van der Waals surface area contributed by atoms with Crippen molar-refractivity contribution in [3.8, 4) is 5.75 Å². The van der Waals surface area contributed by atoms with E-state index in [0.717, 1.165) is 9.87 Å². The second-order valence-electron chi connectivity index (χ2n) is 6.95. The molecule has 1 N–H and O–H groups in total. The van der Waals surface area contributed by atoms with Crippen LogP contribution in [-0.4, -0.2) is 27.5 Å². The quantitative estimate of drug-likeness (QED) is 0.544. The van der Waals surface area contributed by atoms with Gasteiger partial charge in [0.05, 0.1) is 23.2 Å². The zero-order valence-electron chi connectivity index (χ0n) is 17.6. The summed E-state index contributed by atoms with van der Waals surface area (Å²) in [5, 5.41) is 2.88. The number of sulfonamides is 1. The Hall–Kier alpha value is -3.32. The minimum atomic E-state index is -3.96. The lowest BCUT2D eigenvalue weighted by atomic mass is 10.1. The van der Waals surface area contributed by atoms with E-state index in [2.05, 4.69) is 5.32 Å². The molecule has 31 heavy (non-hydrogen) atoms. The number of hydrogen-bond acceptors (Lipinski definition) is 4. The molecule has 1 atom stereocenters. The molecule has 6 nitrogen and oxygen atoms in total. The number of nitrogens with one attached hydrogen (secondary N) is 1. The highest BCUT2D eigenvalue weighted by Gasteiger charge is 2.27. The van der Waals surface area contributed by atoms with E-state index in [-0.39, 0.29) is 17.5 Å². The first kappa shape index (κ1) is 22.4. The van der Waals surface area contributed by atoms with Gasteiger partial charge in [0, 0.05) is 0 Å². The molecule has 0 heterocycles. The van der Waals surface area contributed by atoms with E-state index < -0.39 is 15.9 Å². The summed E-state index contributed by atoms with van der Waals surface area (Å²) < 4.78 is 33.3. The Morgan fingerprint density at radius 1 is 0.935 bits per heavy atom. The number of hydrogen-bond donors (Lipinski definition) is 1. The van der Waals surface area contributed by atoms with E-state index in [9.17, 15) is 13.2 Å². The molecule has 0 bridgehead atoms. The van der Waals surface area contributed by atoms with E-state index in [4.69, 9.17) is 4.74 Å². The average molecular weight is 439 g/mol. The number of para-hydroxylation sites is 1. The van der Waals surface area contributed by atoms with Gasteiger partial charge < -0.3 is 10.1 Å². The van der Waals surface area contributed by atoms with Gasteiger partial charge in [0.1, 0.15) is 12.3 Å². The summed E-state index contributed by atoms with van der Waals surface area (Å²) in [4.78, 5) is 12.9. The normalized spacial score (nSPS) is 12.1. The first-order valence-corrected chi connectivity index (χ1v) is 11.5. The predicted molar refractivity (Wildman–Crippen MR) is 122 cm³/mol. The molecule has 0 radical (unpaired) electrons. The van der Waals surface area contributed by atoms with Gasteiger partial charge in [-0.3, -0.25) is 9.10 Å². The van der Waals surface area contributed by atoms with Crippen LogP contribution in [0.5, 0.6) is 5.75 Å². The van der Waals surface area contributed by atoms with Gasteiger partial charge in [-0.1, -0.05) is 48.5 Å². The Morgan fingerprint density at radius 3 is 2.10 bits per heavy atom. The van der Waals surface area contributed by atoms with Crippen LogP contribution in [0.4, 0.5) is 5.69 Å². The average Bonchev–Trinajstić information content (AvgIpc) is 2.79. The van der Waals surface area contributed by atoms with Crippen molar-refractivity contribution in [3.05, 3.63) is 90.5 Å². The fraction of sp³-hybridized carbons (Fsp3) is 0.208. The zero-order valence-corrected chi connectivity index (χ0v) is 18.4. The van der Waals surface area contributed by atoms with E-state index in [0.29, 0.717) is 18.0 Å². The standard InChI is InChI=1S/C24H26N2O4S/c1-3-30-22-14-16-23(17-15-22)31(28,29)26(21-12-8-5-9-13-21)18-24(27)25-19(2)20-10-6-4-7-11-20/h4-17,19H,3,18H2,1-2H3,(H,25,27)/t19-/m0/s1. The van der Waals surface area contributed by atoms with Crippen LogP contribution >= 0.6 is 0 Å². The van der Waals surface area contributed by atoms with Gasteiger partial charge >= 0.3 is 0 Å². The smallest absolute Gasteiger partial charge is 0.264 e. The minimum Gasteiger partial charge on any atom is -0.494 e. The second kappa shape index (κ2) is 10.1. The number of benzene rings is 3. The molecular formula is C24H26N2O4S. The molecule has 0 aromatic heterocycles. The lowest BCUT2D eigenvalue weighted by Crippen LogP contribution is -2.41. The summed E-state index contributed by atoms with van der Waals surface area (Å²) in [5.41, 5.74) is 1.36. The third kappa shape index (κ3) is 5.64. The number of nitrogens with zero attached hydrogens (tertiary/aromatic N) is 1. The zero-order chi connectivity index (χ0) is 22.3. The van der Waals surface area contributed by atoms with E-state index in [1.54, 1.807) is 42.5 Å². The maximum atomic E-state index is 13.4. The molecule has 0 spiro atoms. The van der Waals surface area contributed by atoms with E-state index in [1.807, 2.05) is 44.2 Å². The molecular weight excluding hydrogens is 412 g/mol. The topological polar surface area (TPSA) is 75.7 Å². The van der Waals surface area contributed by atoms with Crippen molar-refractivity contribution in [1.82, 2.24) is 5.32 Å². The maximum absolute atomic E-state index is 13.4. The largest absolute Gasteiger partial charge is 0.494 e. The lowest BCUT2D eigenvalue weighted by molar-refractivity contribution is -0.120. The highest BCUT2D eigenvalue weighted by molar-refractivity contribution is 7.92. The van der Waals surface area contributed by atoms with E-state index in [1.165, 1.54) is 12.1 Å². The van der Waals surface area contributed by atoms with Crippen molar-refractivity contribution in [1.29, 1.82) is 0 Å². The molecule has 3 aromatic rings. The van der Waals surface area contributed by atoms with E-state index >= 15 is 0 Å². The van der Waals surface area contributed by atoms with Crippen molar-refractivity contribution >= 4 is 21.6 Å². The maximum Gasteiger partial charge on any atom is 0.264 e. The summed E-state index contributed by atoms with van der Waals surface area (Å²) in [7, 11) is -3.96. The number of carbonyl (C=O) groups is 1. The van der Waals surface area contributed by atoms with Gasteiger partial charge in [0.15, 0.2) is 0 Å². The predicted octanol–water partition coefficient (Wildman–Crippen LogP) is 4.16. The number of amides is 1. The Kier molecular flexibility index (Phi) is 7.31. The summed E-state index contributed by atoms with van der Waals surface area (Å²) in [6.07, 6.45) is 0. The summed E-state index contributed by atoms with van der Waals surface area (Å²) in [6, 6.07) is 24.1. The third-order valence-corrected chi connectivity index (χ3v) is 6.52. The fourth-order valence-corrected chi connectivity index (χ4v) is 4.57. The van der Waals surface area contributed by atoms with Gasteiger partial charge in [0.25, 0.3) is 10.0 Å².